The molecule has 3 aromatic rings. The van der Waals surface area contributed by atoms with E-state index in [2.05, 4.69) is 21.2 Å². The molecule has 0 unspecified atom stereocenters. The molecule has 1 saturated carbocycles. The minimum atomic E-state index is -0.622. The number of halogens is 2. The van der Waals surface area contributed by atoms with Crippen LogP contribution < -0.4 is 5.32 Å². The number of carbonyl (C=O) groups excluding carboxylic acids is 2. The van der Waals surface area contributed by atoms with Gasteiger partial charge in [-0.05, 0) is 53.8 Å². The summed E-state index contributed by atoms with van der Waals surface area (Å²) in [5.74, 6) is -0.190. The van der Waals surface area contributed by atoms with Crippen molar-refractivity contribution in [3.05, 3.63) is 105 Å². The van der Waals surface area contributed by atoms with E-state index in [-0.39, 0.29) is 24.3 Å². The molecular weight excluding hydrogens is 524 g/mol. The lowest BCUT2D eigenvalue weighted by Gasteiger charge is -2.32. The predicted octanol–water partition coefficient (Wildman–Crippen LogP) is 6.34. The third-order valence-corrected chi connectivity index (χ3v) is 7.19. The topological polar surface area (TPSA) is 49.4 Å². The quantitative estimate of drug-likeness (QED) is 0.336. The number of carbonyl (C=O) groups is 2. The van der Waals surface area contributed by atoms with Crippen LogP contribution in [0.1, 0.15) is 42.4 Å². The van der Waals surface area contributed by atoms with Gasteiger partial charge in [0.25, 0.3) is 0 Å². The molecule has 35 heavy (non-hydrogen) atoms. The molecule has 2 amide bonds. The van der Waals surface area contributed by atoms with Crippen LogP contribution in [0.15, 0.2) is 83.3 Å². The fourth-order valence-electron chi connectivity index (χ4n) is 4.68. The smallest absolute Gasteiger partial charge is 0.243 e. The number of rotatable bonds is 9. The SMILES string of the molecule is O=C(NC1CCCC1)[C@H](Cc1ccccc1)N(Cc1cccc(Br)c1)C(=O)Cc1cccc(Cl)c1. The maximum absolute atomic E-state index is 13.8. The summed E-state index contributed by atoms with van der Waals surface area (Å²) in [6, 6.07) is 24.7. The first-order valence-electron chi connectivity index (χ1n) is 12.1. The summed E-state index contributed by atoms with van der Waals surface area (Å²) in [4.78, 5) is 29.2. The fourth-order valence-corrected chi connectivity index (χ4v) is 5.34. The highest BCUT2D eigenvalue weighted by Crippen LogP contribution is 2.22. The Hall–Kier alpha value is -2.63. The van der Waals surface area contributed by atoms with Gasteiger partial charge in [0.2, 0.25) is 11.8 Å². The highest BCUT2D eigenvalue weighted by Gasteiger charge is 2.32. The van der Waals surface area contributed by atoms with Crippen LogP contribution in [0.3, 0.4) is 0 Å². The van der Waals surface area contributed by atoms with Gasteiger partial charge in [-0.15, -0.1) is 0 Å². The number of benzene rings is 3. The maximum Gasteiger partial charge on any atom is 0.243 e. The Kier molecular flexibility index (Phi) is 9.00. The van der Waals surface area contributed by atoms with E-state index in [0.717, 1.165) is 46.8 Å². The summed E-state index contributed by atoms with van der Waals surface area (Å²) in [6.07, 6.45) is 4.87. The lowest BCUT2D eigenvalue weighted by atomic mass is 10.0. The lowest BCUT2D eigenvalue weighted by molar-refractivity contribution is -0.141. The minimum absolute atomic E-state index is 0.0878. The van der Waals surface area contributed by atoms with Gasteiger partial charge in [0.05, 0.1) is 6.42 Å². The second-order valence-electron chi connectivity index (χ2n) is 9.15. The fraction of sp³-hybridized carbons (Fsp3) is 0.310. The van der Waals surface area contributed by atoms with Crippen molar-refractivity contribution < 1.29 is 9.59 Å². The van der Waals surface area contributed by atoms with Crippen molar-refractivity contribution in [2.75, 3.05) is 0 Å². The standard InChI is InChI=1S/C29H30BrClN2O2/c30-24-12-6-11-23(16-24)20-33(28(34)19-22-10-7-13-25(31)17-22)27(18-21-8-2-1-3-9-21)29(35)32-26-14-4-5-15-26/h1-3,6-13,16-17,26-27H,4-5,14-15,18-20H2,(H,32,35)/t27-/m0/s1. The second-order valence-corrected chi connectivity index (χ2v) is 10.5. The summed E-state index contributed by atoms with van der Waals surface area (Å²) >= 11 is 9.71. The van der Waals surface area contributed by atoms with Gasteiger partial charge in [0.1, 0.15) is 6.04 Å². The zero-order valence-electron chi connectivity index (χ0n) is 19.6. The molecule has 1 N–H and O–H groups in total. The van der Waals surface area contributed by atoms with E-state index in [1.807, 2.05) is 72.8 Å². The summed E-state index contributed by atoms with van der Waals surface area (Å²) in [6.45, 7) is 0.342. The van der Waals surface area contributed by atoms with Gasteiger partial charge in [-0.2, -0.15) is 0 Å². The van der Waals surface area contributed by atoms with Crippen LogP contribution in [0.25, 0.3) is 0 Å². The van der Waals surface area contributed by atoms with Gasteiger partial charge < -0.3 is 10.2 Å². The first-order valence-corrected chi connectivity index (χ1v) is 13.3. The Bertz CT molecular complexity index is 1150. The molecule has 0 heterocycles. The molecule has 0 aromatic heterocycles. The molecule has 0 saturated heterocycles. The van der Waals surface area contributed by atoms with Crippen LogP contribution in [0.2, 0.25) is 5.02 Å². The van der Waals surface area contributed by atoms with Crippen LogP contribution in [-0.4, -0.2) is 28.8 Å². The number of nitrogens with zero attached hydrogens (tertiary/aromatic N) is 1. The van der Waals surface area contributed by atoms with Crippen molar-refractivity contribution in [2.45, 2.75) is 57.2 Å². The van der Waals surface area contributed by atoms with Crippen LogP contribution in [0, 0.1) is 0 Å². The largest absolute Gasteiger partial charge is 0.352 e. The van der Waals surface area contributed by atoms with Gasteiger partial charge >= 0.3 is 0 Å². The third kappa shape index (κ3) is 7.42. The molecule has 1 aliphatic carbocycles. The molecule has 1 fully saturated rings. The van der Waals surface area contributed by atoms with Crippen LogP contribution in [0.4, 0.5) is 0 Å². The Balaban J connectivity index is 1.66. The maximum atomic E-state index is 13.8. The Labute approximate surface area is 220 Å². The van der Waals surface area contributed by atoms with Gasteiger partial charge in [-0.1, -0.05) is 95.0 Å². The number of nitrogens with one attached hydrogen (secondary N) is 1. The lowest BCUT2D eigenvalue weighted by Crippen LogP contribution is -2.52. The molecule has 182 valence electrons. The molecule has 4 rings (SSSR count). The Morgan fingerprint density at radius 2 is 1.60 bits per heavy atom. The summed E-state index contributed by atoms with van der Waals surface area (Å²) < 4.78 is 0.937. The summed E-state index contributed by atoms with van der Waals surface area (Å²) in [5, 5.41) is 3.83. The van der Waals surface area contributed by atoms with Gasteiger partial charge in [-0.25, -0.2) is 0 Å². The molecule has 0 aliphatic heterocycles. The highest BCUT2D eigenvalue weighted by atomic mass is 79.9. The van der Waals surface area contributed by atoms with Crippen molar-refractivity contribution in [3.63, 3.8) is 0 Å². The summed E-state index contributed by atoms with van der Waals surface area (Å²) in [5.41, 5.74) is 2.82. The van der Waals surface area contributed by atoms with E-state index >= 15 is 0 Å². The molecule has 0 radical (unpaired) electrons. The monoisotopic (exact) mass is 552 g/mol. The molecule has 1 atom stereocenters. The zero-order chi connectivity index (χ0) is 24.6. The van der Waals surface area contributed by atoms with E-state index < -0.39 is 6.04 Å². The minimum Gasteiger partial charge on any atom is -0.352 e. The Morgan fingerprint density at radius 3 is 2.31 bits per heavy atom. The van der Waals surface area contributed by atoms with E-state index in [9.17, 15) is 9.59 Å². The van der Waals surface area contributed by atoms with E-state index in [1.165, 1.54) is 0 Å². The van der Waals surface area contributed by atoms with Crippen molar-refractivity contribution in [3.8, 4) is 0 Å². The van der Waals surface area contributed by atoms with Gasteiger partial charge in [0.15, 0.2) is 0 Å². The average Bonchev–Trinajstić information content (AvgIpc) is 3.35. The van der Waals surface area contributed by atoms with Crippen molar-refractivity contribution in [1.29, 1.82) is 0 Å². The zero-order valence-corrected chi connectivity index (χ0v) is 22.0. The van der Waals surface area contributed by atoms with Crippen molar-refractivity contribution >= 4 is 39.3 Å². The van der Waals surface area contributed by atoms with Crippen LogP contribution in [0.5, 0.6) is 0 Å². The van der Waals surface area contributed by atoms with Crippen molar-refractivity contribution in [2.24, 2.45) is 0 Å². The first kappa shape index (κ1) is 25.5. The number of hydrogen-bond donors (Lipinski definition) is 1. The molecule has 3 aromatic carbocycles. The second kappa shape index (κ2) is 12.4. The van der Waals surface area contributed by atoms with E-state index in [1.54, 1.807) is 11.0 Å². The Morgan fingerprint density at radius 1 is 0.914 bits per heavy atom. The molecule has 4 nitrogen and oxygen atoms in total. The third-order valence-electron chi connectivity index (χ3n) is 6.46. The molecule has 0 bridgehead atoms. The van der Waals surface area contributed by atoms with Gasteiger partial charge in [-0.3, -0.25) is 9.59 Å². The number of amides is 2. The molecular formula is C29H30BrClN2O2. The first-order chi connectivity index (χ1) is 17.0. The van der Waals surface area contributed by atoms with Crippen LogP contribution >= 0.6 is 27.5 Å². The normalized spacial score (nSPS) is 14.5. The van der Waals surface area contributed by atoms with Gasteiger partial charge in [0, 0.05) is 28.5 Å². The molecule has 1 aliphatic rings. The van der Waals surface area contributed by atoms with Crippen LogP contribution in [-0.2, 0) is 29.0 Å². The van der Waals surface area contributed by atoms with E-state index in [4.69, 9.17) is 11.6 Å². The average molecular weight is 554 g/mol. The summed E-state index contributed by atoms with van der Waals surface area (Å²) in [7, 11) is 0. The van der Waals surface area contributed by atoms with Crippen molar-refractivity contribution in [1.82, 2.24) is 10.2 Å². The van der Waals surface area contributed by atoms with E-state index in [0.29, 0.717) is 18.0 Å². The highest BCUT2D eigenvalue weighted by molar-refractivity contribution is 9.10. The molecule has 0 spiro atoms. The predicted molar refractivity (Wildman–Crippen MR) is 144 cm³/mol. The molecule has 6 heteroatoms. The number of hydrogen-bond acceptors (Lipinski definition) is 2.